The average molecular weight is 447 g/mol. The van der Waals surface area contributed by atoms with Crippen LogP contribution >= 0.6 is 15.9 Å². The van der Waals surface area contributed by atoms with Crippen LogP contribution in [0, 0.1) is 5.92 Å². The molecule has 28 heavy (non-hydrogen) atoms. The molecule has 0 aromatic heterocycles. The van der Waals surface area contributed by atoms with Crippen molar-refractivity contribution < 1.29 is 14.3 Å². The Morgan fingerprint density at radius 1 is 1.07 bits per heavy atom. The number of rotatable bonds is 9. The van der Waals surface area contributed by atoms with Gasteiger partial charge in [-0.05, 0) is 71.1 Å². The summed E-state index contributed by atoms with van der Waals surface area (Å²) in [5.41, 5.74) is 1.79. The zero-order valence-electron chi connectivity index (χ0n) is 16.5. The summed E-state index contributed by atoms with van der Waals surface area (Å²) in [6.45, 7) is 6.89. The number of hydrogen-bond donors (Lipinski definition) is 2. The van der Waals surface area contributed by atoms with Crippen molar-refractivity contribution in [3.63, 3.8) is 0 Å². The van der Waals surface area contributed by atoms with Crippen LogP contribution in [-0.2, 0) is 4.79 Å². The Bertz CT molecular complexity index is 821. The van der Waals surface area contributed by atoms with Crippen LogP contribution in [0.1, 0.15) is 50.4 Å². The molecule has 0 bridgehead atoms. The first-order valence-corrected chi connectivity index (χ1v) is 10.3. The lowest BCUT2D eigenvalue weighted by Gasteiger charge is -2.12. The SMILES string of the molecule is CCCC(=O)Nc1cccc(NC(=O)c2ccc(OCCC(C)C)c(Br)c2)c1. The van der Waals surface area contributed by atoms with Crippen molar-refractivity contribution in [3.05, 3.63) is 52.5 Å². The van der Waals surface area contributed by atoms with Gasteiger partial charge in [0, 0.05) is 23.4 Å². The number of carbonyl (C=O) groups is 2. The number of ether oxygens (including phenoxy) is 1. The normalized spacial score (nSPS) is 10.6. The molecule has 2 amide bonds. The van der Waals surface area contributed by atoms with Crippen LogP contribution in [-0.4, -0.2) is 18.4 Å². The minimum atomic E-state index is -0.230. The van der Waals surface area contributed by atoms with Gasteiger partial charge in [0.1, 0.15) is 5.75 Å². The molecule has 0 saturated carbocycles. The van der Waals surface area contributed by atoms with Crippen molar-refractivity contribution >= 4 is 39.1 Å². The van der Waals surface area contributed by atoms with Crippen molar-refractivity contribution in [2.24, 2.45) is 5.92 Å². The van der Waals surface area contributed by atoms with E-state index in [1.54, 1.807) is 42.5 Å². The lowest BCUT2D eigenvalue weighted by Crippen LogP contribution is -2.13. The van der Waals surface area contributed by atoms with E-state index in [0.717, 1.165) is 23.1 Å². The molecule has 6 heteroatoms. The maximum Gasteiger partial charge on any atom is 0.255 e. The van der Waals surface area contributed by atoms with Gasteiger partial charge in [-0.1, -0.05) is 26.8 Å². The van der Waals surface area contributed by atoms with E-state index in [1.807, 2.05) is 6.92 Å². The first-order valence-electron chi connectivity index (χ1n) is 9.52. The van der Waals surface area contributed by atoms with E-state index in [4.69, 9.17) is 4.74 Å². The number of anilines is 2. The highest BCUT2D eigenvalue weighted by Crippen LogP contribution is 2.27. The second-order valence-corrected chi connectivity index (χ2v) is 7.86. The molecule has 5 nitrogen and oxygen atoms in total. The van der Waals surface area contributed by atoms with Gasteiger partial charge in [-0.2, -0.15) is 0 Å². The third-order valence-electron chi connectivity index (χ3n) is 4.03. The summed E-state index contributed by atoms with van der Waals surface area (Å²) in [5.74, 6) is 1.03. The first-order chi connectivity index (χ1) is 13.4. The molecule has 2 aromatic carbocycles. The van der Waals surface area contributed by atoms with Crippen molar-refractivity contribution in [1.82, 2.24) is 0 Å². The van der Waals surface area contributed by atoms with Gasteiger partial charge in [-0.15, -0.1) is 0 Å². The van der Waals surface area contributed by atoms with E-state index in [9.17, 15) is 9.59 Å². The van der Waals surface area contributed by atoms with Gasteiger partial charge in [-0.25, -0.2) is 0 Å². The molecule has 2 N–H and O–H groups in total. The van der Waals surface area contributed by atoms with Gasteiger partial charge < -0.3 is 15.4 Å². The van der Waals surface area contributed by atoms with Gasteiger partial charge in [-0.3, -0.25) is 9.59 Å². The molecular formula is C22H27BrN2O3. The zero-order valence-corrected chi connectivity index (χ0v) is 18.1. The summed E-state index contributed by atoms with van der Waals surface area (Å²) >= 11 is 3.47. The number of carbonyl (C=O) groups excluding carboxylic acids is 2. The molecule has 150 valence electrons. The van der Waals surface area contributed by atoms with E-state index in [-0.39, 0.29) is 11.8 Å². The van der Waals surface area contributed by atoms with Gasteiger partial charge >= 0.3 is 0 Å². The third kappa shape index (κ3) is 7.00. The van der Waals surface area contributed by atoms with Crippen LogP contribution in [0.2, 0.25) is 0 Å². The maximum atomic E-state index is 12.6. The number of amides is 2. The molecule has 0 atom stereocenters. The van der Waals surface area contributed by atoms with Gasteiger partial charge in [0.25, 0.3) is 5.91 Å². The van der Waals surface area contributed by atoms with E-state index in [0.29, 0.717) is 35.9 Å². The number of nitrogens with one attached hydrogen (secondary N) is 2. The topological polar surface area (TPSA) is 67.4 Å². The smallest absolute Gasteiger partial charge is 0.255 e. The average Bonchev–Trinajstić information content (AvgIpc) is 2.63. The fourth-order valence-corrected chi connectivity index (χ4v) is 2.99. The van der Waals surface area contributed by atoms with Crippen LogP contribution in [0.5, 0.6) is 5.75 Å². The fraction of sp³-hybridized carbons (Fsp3) is 0.364. The van der Waals surface area contributed by atoms with Gasteiger partial charge in [0.2, 0.25) is 5.91 Å². The molecule has 2 rings (SSSR count). The minimum Gasteiger partial charge on any atom is -0.492 e. The maximum absolute atomic E-state index is 12.6. The highest BCUT2D eigenvalue weighted by atomic mass is 79.9. The van der Waals surface area contributed by atoms with Gasteiger partial charge in [0.05, 0.1) is 11.1 Å². The van der Waals surface area contributed by atoms with Crippen molar-refractivity contribution in [1.29, 1.82) is 0 Å². The van der Waals surface area contributed by atoms with E-state index in [2.05, 4.69) is 40.4 Å². The summed E-state index contributed by atoms with van der Waals surface area (Å²) in [5, 5.41) is 5.68. The third-order valence-corrected chi connectivity index (χ3v) is 4.65. The first kappa shape index (κ1) is 22.0. The molecule has 0 aliphatic carbocycles. The Labute approximate surface area is 175 Å². The Kier molecular flexibility index (Phi) is 8.51. The Balaban J connectivity index is 2.00. The molecule has 0 aliphatic heterocycles. The minimum absolute atomic E-state index is 0.0389. The molecule has 2 aromatic rings. The van der Waals surface area contributed by atoms with Crippen molar-refractivity contribution in [2.45, 2.75) is 40.0 Å². The predicted octanol–water partition coefficient (Wildman–Crippen LogP) is 5.86. The summed E-state index contributed by atoms with van der Waals surface area (Å²) in [7, 11) is 0. The lowest BCUT2D eigenvalue weighted by atomic mass is 10.1. The van der Waals surface area contributed by atoms with Crippen molar-refractivity contribution in [2.75, 3.05) is 17.2 Å². The molecule has 0 aliphatic rings. The molecule has 0 spiro atoms. The van der Waals surface area contributed by atoms with Crippen LogP contribution in [0.3, 0.4) is 0 Å². The fourth-order valence-electron chi connectivity index (χ4n) is 2.49. The lowest BCUT2D eigenvalue weighted by molar-refractivity contribution is -0.116. The molecule has 0 unspecified atom stereocenters. The summed E-state index contributed by atoms with van der Waals surface area (Å²) in [6.07, 6.45) is 2.23. The van der Waals surface area contributed by atoms with Gasteiger partial charge in [0.15, 0.2) is 0 Å². The Hall–Kier alpha value is -2.34. The molecule has 0 radical (unpaired) electrons. The molecule has 0 fully saturated rings. The number of hydrogen-bond acceptors (Lipinski definition) is 3. The van der Waals surface area contributed by atoms with Crippen molar-refractivity contribution in [3.8, 4) is 5.75 Å². The second kappa shape index (κ2) is 10.9. The van der Waals surface area contributed by atoms with E-state index in [1.165, 1.54) is 0 Å². The Morgan fingerprint density at radius 3 is 2.43 bits per heavy atom. The highest BCUT2D eigenvalue weighted by Gasteiger charge is 2.11. The second-order valence-electron chi connectivity index (χ2n) is 7.01. The van der Waals surface area contributed by atoms with Crippen LogP contribution < -0.4 is 15.4 Å². The van der Waals surface area contributed by atoms with E-state index >= 15 is 0 Å². The summed E-state index contributed by atoms with van der Waals surface area (Å²) in [4.78, 5) is 24.3. The highest BCUT2D eigenvalue weighted by molar-refractivity contribution is 9.10. The standard InChI is InChI=1S/C22H27BrN2O3/c1-4-6-21(26)24-17-7-5-8-18(14-17)25-22(27)16-9-10-20(19(23)13-16)28-12-11-15(2)3/h5,7-10,13-15H,4,6,11-12H2,1-3H3,(H,24,26)(H,25,27). The van der Waals surface area contributed by atoms with Crippen LogP contribution in [0.4, 0.5) is 11.4 Å². The van der Waals surface area contributed by atoms with E-state index < -0.39 is 0 Å². The largest absolute Gasteiger partial charge is 0.492 e. The number of halogens is 1. The monoisotopic (exact) mass is 446 g/mol. The zero-order chi connectivity index (χ0) is 20.5. The summed E-state index contributed by atoms with van der Waals surface area (Å²) in [6, 6.07) is 12.4. The van der Waals surface area contributed by atoms with Crippen LogP contribution in [0.25, 0.3) is 0 Å². The molecule has 0 saturated heterocycles. The quantitative estimate of drug-likeness (QED) is 0.506. The Morgan fingerprint density at radius 2 is 1.79 bits per heavy atom. The molecule has 0 heterocycles. The number of benzene rings is 2. The predicted molar refractivity (Wildman–Crippen MR) is 117 cm³/mol. The van der Waals surface area contributed by atoms with Crippen LogP contribution in [0.15, 0.2) is 46.9 Å². The summed E-state index contributed by atoms with van der Waals surface area (Å²) < 4.78 is 6.49. The molecular weight excluding hydrogens is 420 g/mol.